The summed E-state index contributed by atoms with van der Waals surface area (Å²) in [6.45, 7) is 6.95. The quantitative estimate of drug-likeness (QED) is 0.873. The summed E-state index contributed by atoms with van der Waals surface area (Å²) in [5, 5.41) is 2.59. The van der Waals surface area contributed by atoms with Crippen molar-refractivity contribution < 1.29 is 14.3 Å². The van der Waals surface area contributed by atoms with Crippen molar-refractivity contribution in [2.45, 2.75) is 27.7 Å². The molecule has 98 valence electrons. The molecule has 1 aromatic rings. The van der Waals surface area contributed by atoms with Crippen molar-refractivity contribution in [3.8, 4) is 5.75 Å². The summed E-state index contributed by atoms with van der Waals surface area (Å²) in [5.74, 6) is -0.597. The molecule has 1 rings (SSSR count). The van der Waals surface area contributed by atoms with E-state index in [0.29, 0.717) is 11.4 Å². The van der Waals surface area contributed by atoms with Crippen LogP contribution in [-0.2, 0) is 9.59 Å². The molecule has 0 fully saturated rings. The lowest BCUT2D eigenvalue weighted by atomic mass is 10.0. The second kappa shape index (κ2) is 5.52. The number of anilines is 1. The lowest BCUT2D eigenvalue weighted by Crippen LogP contribution is -2.21. The molecule has 0 aliphatic carbocycles. The molecule has 0 unspecified atom stereocenters. The highest BCUT2D eigenvalue weighted by molar-refractivity contribution is 9.10. The molecule has 0 aliphatic heterocycles. The van der Waals surface area contributed by atoms with Gasteiger partial charge in [-0.15, -0.1) is 0 Å². The van der Waals surface area contributed by atoms with E-state index in [0.717, 1.165) is 21.2 Å². The van der Waals surface area contributed by atoms with Crippen LogP contribution in [0.15, 0.2) is 4.47 Å². The van der Waals surface area contributed by atoms with Crippen molar-refractivity contribution in [2.75, 3.05) is 12.4 Å². The highest BCUT2D eigenvalue weighted by atomic mass is 79.9. The lowest BCUT2D eigenvalue weighted by molar-refractivity contribution is -0.133. The zero-order valence-electron chi connectivity index (χ0n) is 11.1. The molecule has 0 aromatic heterocycles. The summed E-state index contributed by atoms with van der Waals surface area (Å²) in [4.78, 5) is 22.5. The first-order chi connectivity index (χ1) is 8.31. The Labute approximate surface area is 115 Å². The van der Waals surface area contributed by atoms with Crippen LogP contribution >= 0.6 is 15.9 Å². The predicted octanol–water partition coefficient (Wildman–Crippen LogP) is 2.91. The molecule has 5 heteroatoms. The maximum atomic E-state index is 11.5. The van der Waals surface area contributed by atoms with Gasteiger partial charge in [-0.2, -0.15) is 0 Å². The summed E-state index contributed by atoms with van der Waals surface area (Å²) in [6, 6.07) is 0. The molecule has 0 atom stereocenters. The van der Waals surface area contributed by atoms with Crippen LogP contribution in [-0.4, -0.2) is 18.8 Å². The van der Waals surface area contributed by atoms with E-state index in [2.05, 4.69) is 21.2 Å². The number of carbonyl (C=O) groups is 2. The van der Waals surface area contributed by atoms with Crippen LogP contribution in [0.5, 0.6) is 5.75 Å². The van der Waals surface area contributed by atoms with Crippen LogP contribution in [0, 0.1) is 20.8 Å². The van der Waals surface area contributed by atoms with E-state index in [9.17, 15) is 9.59 Å². The van der Waals surface area contributed by atoms with Crippen LogP contribution in [0.1, 0.15) is 23.6 Å². The van der Waals surface area contributed by atoms with Crippen molar-refractivity contribution >= 4 is 33.3 Å². The molecular weight excluding hydrogens is 298 g/mol. The van der Waals surface area contributed by atoms with Crippen LogP contribution in [0.25, 0.3) is 0 Å². The van der Waals surface area contributed by atoms with Gasteiger partial charge < -0.3 is 10.1 Å². The molecule has 0 aliphatic rings. The van der Waals surface area contributed by atoms with Gasteiger partial charge in [-0.3, -0.25) is 9.59 Å². The topological polar surface area (TPSA) is 55.4 Å². The number of rotatable bonds is 3. The Morgan fingerprint density at radius 2 is 1.67 bits per heavy atom. The van der Waals surface area contributed by atoms with Gasteiger partial charge in [-0.05, 0) is 37.5 Å². The SMILES string of the molecule is COc1c(C)c(C)c(Br)c(C)c1NC(=O)C(C)=O. The molecule has 4 nitrogen and oxygen atoms in total. The third kappa shape index (κ3) is 2.56. The van der Waals surface area contributed by atoms with Crippen molar-refractivity contribution in [3.63, 3.8) is 0 Å². The van der Waals surface area contributed by atoms with E-state index in [-0.39, 0.29) is 0 Å². The Morgan fingerprint density at radius 3 is 2.11 bits per heavy atom. The number of ether oxygens (including phenoxy) is 1. The maximum absolute atomic E-state index is 11.5. The fraction of sp³-hybridized carbons (Fsp3) is 0.385. The Hall–Kier alpha value is -1.36. The van der Waals surface area contributed by atoms with Gasteiger partial charge in [0.1, 0.15) is 5.75 Å². The highest BCUT2D eigenvalue weighted by Crippen LogP contribution is 2.39. The Bertz CT molecular complexity index is 524. The highest BCUT2D eigenvalue weighted by Gasteiger charge is 2.19. The summed E-state index contributed by atoms with van der Waals surface area (Å²) >= 11 is 3.48. The summed E-state index contributed by atoms with van der Waals surface area (Å²) in [7, 11) is 1.54. The number of halogens is 1. The molecule has 1 amide bonds. The maximum Gasteiger partial charge on any atom is 0.291 e. The van der Waals surface area contributed by atoms with Crippen molar-refractivity contribution in [3.05, 3.63) is 21.2 Å². The van der Waals surface area contributed by atoms with Gasteiger partial charge in [0.2, 0.25) is 5.78 Å². The number of benzene rings is 1. The fourth-order valence-electron chi connectivity index (χ4n) is 1.69. The zero-order chi connectivity index (χ0) is 14.0. The Morgan fingerprint density at radius 1 is 1.11 bits per heavy atom. The van der Waals surface area contributed by atoms with Crippen LogP contribution in [0.4, 0.5) is 5.69 Å². The van der Waals surface area contributed by atoms with Crippen LogP contribution in [0.2, 0.25) is 0 Å². The molecule has 1 aromatic carbocycles. The molecule has 0 radical (unpaired) electrons. The van der Waals surface area contributed by atoms with E-state index >= 15 is 0 Å². The van der Waals surface area contributed by atoms with E-state index in [1.165, 1.54) is 6.92 Å². The second-order valence-electron chi connectivity index (χ2n) is 4.11. The molecule has 0 saturated carbocycles. The number of ketones is 1. The van der Waals surface area contributed by atoms with Crippen LogP contribution < -0.4 is 10.1 Å². The lowest BCUT2D eigenvalue weighted by Gasteiger charge is -2.18. The number of carbonyl (C=O) groups excluding carboxylic acids is 2. The van der Waals surface area contributed by atoms with Gasteiger partial charge in [-0.1, -0.05) is 15.9 Å². The van der Waals surface area contributed by atoms with Gasteiger partial charge in [0, 0.05) is 11.4 Å². The van der Waals surface area contributed by atoms with Crippen molar-refractivity contribution in [1.29, 1.82) is 0 Å². The average molecular weight is 314 g/mol. The van der Waals surface area contributed by atoms with Crippen molar-refractivity contribution in [1.82, 2.24) is 0 Å². The minimum atomic E-state index is -0.647. The van der Waals surface area contributed by atoms with Gasteiger partial charge in [-0.25, -0.2) is 0 Å². The number of hydrogen-bond donors (Lipinski definition) is 1. The summed E-state index contributed by atoms with van der Waals surface area (Å²) < 4.78 is 6.23. The number of amides is 1. The third-order valence-corrected chi connectivity index (χ3v) is 4.12. The zero-order valence-corrected chi connectivity index (χ0v) is 12.7. The molecule has 0 spiro atoms. The minimum Gasteiger partial charge on any atom is -0.494 e. The fourth-order valence-corrected chi connectivity index (χ4v) is 2.19. The summed E-state index contributed by atoms with van der Waals surface area (Å²) in [5.41, 5.74) is 3.34. The van der Waals surface area contributed by atoms with E-state index in [4.69, 9.17) is 4.74 Å². The molecule has 18 heavy (non-hydrogen) atoms. The summed E-state index contributed by atoms with van der Waals surface area (Å²) in [6.07, 6.45) is 0. The van der Waals surface area contributed by atoms with Gasteiger partial charge in [0.05, 0.1) is 12.8 Å². The Balaban J connectivity index is 3.42. The molecule has 1 N–H and O–H groups in total. The predicted molar refractivity (Wildman–Crippen MR) is 74.2 cm³/mol. The third-order valence-electron chi connectivity index (χ3n) is 2.93. The molecule has 0 bridgehead atoms. The first kappa shape index (κ1) is 14.7. The second-order valence-corrected chi connectivity index (χ2v) is 4.90. The first-order valence-corrected chi connectivity index (χ1v) is 6.25. The number of nitrogens with one attached hydrogen (secondary N) is 1. The number of methoxy groups -OCH3 is 1. The van der Waals surface area contributed by atoms with Crippen molar-refractivity contribution in [2.24, 2.45) is 0 Å². The Kier molecular flexibility index (Phi) is 4.51. The standard InChI is InChI=1S/C13H16BrNO3/c1-6-7(2)12(18-5)11(8(3)10(6)14)15-13(17)9(4)16/h1-5H3,(H,15,17). The normalized spacial score (nSPS) is 10.1. The first-order valence-electron chi connectivity index (χ1n) is 5.46. The monoisotopic (exact) mass is 313 g/mol. The largest absolute Gasteiger partial charge is 0.494 e. The average Bonchev–Trinajstić information content (AvgIpc) is 2.33. The minimum absolute atomic E-state index is 0.535. The van der Waals surface area contributed by atoms with E-state index < -0.39 is 11.7 Å². The number of Topliss-reactive ketones (excluding diaryl/α,β-unsaturated/α-hetero) is 1. The van der Waals surface area contributed by atoms with Gasteiger partial charge in [0.15, 0.2) is 0 Å². The van der Waals surface area contributed by atoms with Gasteiger partial charge in [0.25, 0.3) is 5.91 Å². The molecule has 0 heterocycles. The van der Waals surface area contributed by atoms with E-state index in [1.807, 2.05) is 20.8 Å². The smallest absolute Gasteiger partial charge is 0.291 e. The molecular formula is C13H16BrNO3. The molecule has 0 saturated heterocycles. The van der Waals surface area contributed by atoms with Crippen LogP contribution in [0.3, 0.4) is 0 Å². The number of hydrogen-bond acceptors (Lipinski definition) is 3. The van der Waals surface area contributed by atoms with E-state index in [1.54, 1.807) is 7.11 Å². The van der Waals surface area contributed by atoms with Gasteiger partial charge >= 0.3 is 0 Å².